The molecular weight excluding hydrogens is 252 g/mol. The van der Waals surface area contributed by atoms with Crippen molar-refractivity contribution < 1.29 is 9.90 Å². The Hall–Kier alpha value is -1.55. The van der Waals surface area contributed by atoms with E-state index >= 15 is 0 Å². The van der Waals surface area contributed by atoms with Crippen molar-refractivity contribution in [1.82, 2.24) is 5.32 Å². The fourth-order valence-electron chi connectivity index (χ4n) is 2.65. The van der Waals surface area contributed by atoms with E-state index in [-0.39, 0.29) is 5.91 Å². The summed E-state index contributed by atoms with van der Waals surface area (Å²) in [5, 5.41) is 12.4. The summed E-state index contributed by atoms with van der Waals surface area (Å²) in [6.45, 7) is 6.20. The van der Waals surface area contributed by atoms with Crippen molar-refractivity contribution in [2.75, 3.05) is 24.5 Å². The molecule has 1 heterocycles. The van der Waals surface area contributed by atoms with Gasteiger partial charge < -0.3 is 15.3 Å². The first kappa shape index (κ1) is 14.9. The van der Waals surface area contributed by atoms with Crippen LogP contribution in [0.4, 0.5) is 5.69 Å². The number of benzene rings is 1. The first-order valence-electron chi connectivity index (χ1n) is 7.33. The van der Waals surface area contributed by atoms with Crippen molar-refractivity contribution in [3.63, 3.8) is 0 Å². The molecule has 0 aromatic heterocycles. The molecule has 1 aromatic rings. The quantitative estimate of drug-likeness (QED) is 0.885. The summed E-state index contributed by atoms with van der Waals surface area (Å²) in [5.74, 6) is 0.646. The molecule has 2 N–H and O–H groups in total. The maximum absolute atomic E-state index is 10.9. The SMILES string of the molecule is CC(=O)NCC1CCN(c2ccc([C@@H](C)O)cc2)CC1. The second-order valence-electron chi connectivity index (χ2n) is 5.64. The lowest BCUT2D eigenvalue weighted by Gasteiger charge is -2.33. The molecule has 2 rings (SSSR count). The molecule has 0 unspecified atom stereocenters. The monoisotopic (exact) mass is 276 g/mol. The number of nitrogens with zero attached hydrogens (tertiary/aromatic N) is 1. The van der Waals surface area contributed by atoms with Crippen LogP contribution in [0.3, 0.4) is 0 Å². The van der Waals surface area contributed by atoms with Crippen LogP contribution < -0.4 is 10.2 Å². The number of carbonyl (C=O) groups excluding carboxylic acids is 1. The highest BCUT2D eigenvalue weighted by atomic mass is 16.3. The number of anilines is 1. The number of piperidine rings is 1. The van der Waals surface area contributed by atoms with Gasteiger partial charge in [0.25, 0.3) is 0 Å². The third-order valence-corrected chi connectivity index (χ3v) is 3.99. The van der Waals surface area contributed by atoms with Gasteiger partial charge in [0.05, 0.1) is 6.10 Å². The normalized spacial score (nSPS) is 17.9. The van der Waals surface area contributed by atoms with E-state index in [4.69, 9.17) is 0 Å². The minimum Gasteiger partial charge on any atom is -0.389 e. The number of carbonyl (C=O) groups is 1. The molecule has 0 aliphatic carbocycles. The van der Waals surface area contributed by atoms with Crippen LogP contribution in [0.1, 0.15) is 38.4 Å². The van der Waals surface area contributed by atoms with Gasteiger partial charge in [0, 0.05) is 32.2 Å². The van der Waals surface area contributed by atoms with E-state index in [1.54, 1.807) is 13.8 Å². The first-order valence-corrected chi connectivity index (χ1v) is 7.33. The van der Waals surface area contributed by atoms with Crippen LogP contribution in [-0.4, -0.2) is 30.6 Å². The Morgan fingerprint density at radius 1 is 1.35 bits per heavy atom. The molecule has 1 aromatic carbocycles. The zero-order valence-corrected chi connectivity index (χ0v) is 12.3. The lowest BCUT2D eigenvalue weighted by molar-refractivity contribution is -0.119. The van der Waals surface area contributed by atoms with Gasteiger partial charge in [0.1, 0.15) is 0 Å². The van der Waals surface area contributed by atoms with Gasteiger partial charge in [0.15, 0.2) is 0 Å². The second kappa shape index (κ2) is 6.75. The van der Waals surface area contributed by atoms with E-state index in [0.717, 1.165) is 38.0 Å². The van der Waals surface area contributed by atoms with E-state index in [1.165, 1.54) is 5.69 Å². The van der Waals surface area contributed by atoms with Crippen LogP contribution in [0.2, 0.25) is 0 Å². The number of aliphatic hydroxyl groups excluding tert-OH is 1. The number of hydrogen-bond acceptors (Lipinski definition) is 3. The summed E-state index contributed by atoms with van der Waals surface area (Å²) >= 11 is 0. The average molecular weight is 276 g/mol. The highest BCUT2D eigenvalue weighted by molar-refractivity contribution is 5.72. The average Bonchev–Trinajstić information content (AvgIpc) is 2.46. The number of nitrogens with one attached hydrogen (secondary N) is 1. The number of hydrogen-bond donors (Lipinski definition) is 2. The standard InChI is InChI=1S/C16H24N2O2/c1-12(19)15-3-5-16(6-4-15)18-9-7-14(8-10-18)11-17-13(2)20/h3-6,12,14,19H,7-11H2,1-2H3,(H,17,20)/t12-/m1/s1. The van der Waals surface area contributed by atoms with Crippen LogP contribution in [0, 0.1) is 5.92 Å². The summed E-state index contributed by atoms with van der Waals surface area (Å²) in [4.78, 5) is 13.3. The highest BCUT2D eigenvalue weighted by Gasteiger charge is 2.19. The van der Waals surface area contributed by atoms with E-state index in [1.807, 2.05) is 12.1 Å². The molecule has 1 atom stereocenters. The molecule has 1 aliphatic heterocycles. The summed E-state index contributed by atoms with van der Waals surface area (Å²) in [6, 6.07) is 8.14. The Balaban J connectivity index is 1.85. The molecule has 110 valence electrons. The summed E-state index contributed by atoms with van der Waals surface area (Å²) in [7, 11) is 0. The fraction of sp³-hybridized carbons (Fsp3) is 0.562. The van der Waals surface area contributed by atoms with E-state index in [9.17, 15) is 9.90 Å². The predicted octanol–water partition coefficient (Wildman–Crippen LogP) is 2.09. The van der Waals surface area contributed by atoms with E-state index in [0.29, 0.717) is 5.92 Å². The highest BCUT2D eigenvalue weighted by Crippen LogP contribution is 2.24. The third-order valence-electron chi connectivity index (χ3n) is 3.99. The smallest absolute Gasteiger partial charge is 0.216 e. The lowest BCUT2D eigenvalue weighted by Crippen LogP contribution is -2.38. The van der Waals surface area contributed by atoms with Gasteiger partial charge in [-0.1, -0.05) is 12.1 Å². The van der Waals surface area contributed by atoms with Gasteiger partial charge in [-0.15, -0.1) is 0 Å². The summed E-state index contributed by atoms with van der Waals surface area (Å²) < 4.78 is 0. The molecule has 1 saturated heterocycles. The third kappa shape index (κ3) is 3.97. The predicted molar refractivity (Wildman–Crippen MR) is 80.7 cm³/mol. The van der Waals surface area contributed by atoms with Crippen molar-refractivity contribution in [2.45, 2.75) is 32.8 Å². The maximum atomic E-state index is 10.9. The molecule has 4 heteroatoms. The molecule has 0 bridgehead atoms. The van der Waals surface area contributed by atoms with Gasteiger partial charge >= 0.3 is 0 Å². The molecule has 0 radical (unpaired) electrons. The van der Waals surface area contributed by atoms with Crippen molar-refractivity contribution in [3.05, 3.63) is 29.8 Å². The fourth-order valence-corrected chi connectivity index (χ4v) is 2.65. The Labute approximate surface area is 120 Å². The Morgan fingerprint density at radius 3 is 2.45 bits per heavy atom. The molecule has 1 aliphatic rings. The number of amides is 1. The van der Waals surface area contributed by atoms with Gasteiger partial charge in [-0.25, -0.2) is 0 Å². The van der Waals surface area contributed by atoms with Gasteiger partial charge in [0.2, 0.25) is 5.91 Å². The first-order chi connectivity index (χ1) is 9.56. The minimum atomic E-state index is -0.410. The van der Waals surface area contributed by atoms with Crippen LogP contribution >= 0.6 is 0 Å². The largest absolute Gasteiger partial charge is 0.389 e. The molecule has 20 heavy (non-hydrogen) atoms. The molecule has 1 fully saturated rings. The molecule has 4 nitrogen and oxygen atoms in total. The van der Waals surface area contributed by atoms with Crippen molar-refractivity contribution in [1.29, 1.82) is 0 Å². The number of rotatable bonds is 4. The van der Waals surface area contributed by atoms with Crippen LogP contribution in [-0.2, 0) is 4.79 Å². The molecular formula is C16H24N2O2. The zero-order valence-electron chi connectivity index (χ0n) is 12.3. The van der Waals surface area contributed by atoms with Crippen molar-refractivity contribution in [2.24, 2.45) is 5.92 Å². The van der Waals surface area contributed by atoms with Gasteiger partial charge in [-0.05, 0) is 43.4 Å². The van der Waals surface area contributed by atoms with Crippen LogP contribution in [0.25, 0.3) is 0 Å². The van der Waals surface area contributed by atoms with Gasteiger partial charge in [-0.2, -0.15) is 0 Å². The zero-order chi connectivity index (χ0) is 14.5. The van der Waals surface area contributed by atoms with E-state index < -0.39 is 6.10 Å². The Bertz CT molecular complexity index is 434. The topological polar surface area (TPSA) is 52.6 Å². The summed E-state index contributed by atoms with van der Waals surface area (Å²) in [5.41, 5.74) is 2.17. The van der Waals surface area contributed by atoms with Crippen molar-refractivity contribution >= 4 is 11.6 Å². The minimum absolute atomic E-state index is 0.0566. The molecule has 0 spiro atoms. The molecule has 0 saturated carbocycles. The lowest BCUT2D eigenvalue weighted by atomic mass is 9.96. The Kier molecular flexibility index (Phi) is 5.01. The van der Waals surface area contributed by atoms with E-state index in [2.05, 4.69) is 22.3 Å². The second-order valence-corrected chi connectivity index (χ2v) is 5.64. The maximum Gasteiger partial charge on any atom is 0.216 e. The van der Waals surface area contributed by atoms with Gasteiger partial charge in [-0.3, -0.25) is 4.79 Å². The van der Waals surface area contributed by atoms with Crippen molar-refractivity contribution in [3.8, 4) is 0 Å². The Morgan fingerprint density at radius 2 is 1.95 bits per heavy atom. The summed E-state index contributed by atoms with van der Waals surface area (Å²) in [6.07, 6.45) is 1.81. The molecule has 1 amide bonds. The number of aliphatic hydroxyl groups is 1. The van der Waals surface area contributed by atoms with Crippen LogP contribution in [0.5, 0.6) is 0 Å². The van der Waals surface area contributed by atoms with Crippen LogP contribution in [0.15, 0.2) is 24.3 Å².